The predicted molar refractivity (Wildman–Crippen MR) is 99.7 cm³/mol. The fourth-order valence-electron chi connectivity index (χ4n) is 2.39. The average Bonchev–Trinajstić information content (AvgIpc) is 2.69. The van der Waals surface area contributed by atoms with Gasteiger partial charge in [-0.25, -0.2) is 9.18 Å². The number of esters is 1. The number of nitrogens with one attached hydrogen (secondary N) is 2. The summed E-state index contributed by atoms with van der Waals surface area (Å²) in [5, 5.41) is 5.58. The van der Waals surface area contributed by atoms with Gasteiger partial charge in [0, 0.05) is 17.6 Å². The molecule has 3 aromatic rings. The molecule has 1 amide bonds. The Bertz CT molecular complexity index is 991. The number of aromatic nitrogens is 1. The van der Waals surface area contributed by atoms with Crippen molar-refractivity contribution in [3.63, 3.8) is 0 Å². The maximum Gasteiger partial charge on any atom is 0.337 e. The van der Waals surface area contributed by atoms with E-state index in [-0.39, 0.29) is 11.4 Å². The molecule has 6 nitrogen and oxygen atoms in total. The minimum absolute atomic E-state index is 0.0773. The molecule has 1 heterocycles. The van der Waals surface area contributed by atoms with Crippen molar-refractivity contribution in [2.75, 3.05) is 17.7 Å². The monoisotopic (exact) mass is 365 g/mol. The van der Waals surface area contributed by atoms with E-state index in [1.807, 2.05) is 0 Å². The highest BCUT2D eigenvalue weighted by atomic mass is 19.1. The first kappa shape index (κ1) is 18.1. The van der Waals surface area contributed by atoms with Crippen LogP contribution in [0.2, 0.25) is 0 Å². The number of carbonyl (C=O) groups excluding carboxylic acids is 2. The van der Waals surface area contributed by atoms with Crippen molar-refractivity contribution in [3.8, 4) is 0 Å². The van der Waals surface area contributed by atoms with Crippen LogP contribution in [-0.2, 0) is 4.74 Å². The molecule has 1 aromatic heterocycles. The lowest BCUT2D eigenvalue weighted by Crippen LogP contribution is -2.14. The third kappa shape index (κ3) is 4.46. The number of methoxy groups -OCH3 is 1. The summed E-state index contributed by atoms with van der Waals surface area (Å²) in [7, 11) is 1.31. The van der Waals surface area contributed by atoms with Crippen molar-refractivity contribution in [2.45, 2.75) is 0 Å². The van der Waals surface area contributed by atoms with Gasteiger partial charge >= 0.3 is 5.97 Å². The Balaban J connectivity index is 1.77. The van der Waals surface area contributed by atoms with E-state index in [9.17, 15) is 14.0 Å². The van der Waals surface area contributed by atoms with Gasteiger partial charge in [-0.15, -0.1) is 0 Å². The second-order valence-electron chi connectivity index (χ2n) is 5.56. The molecule has 0 atom stereocenters. The lowest BCUT2D eigenvalue weighted by Gasteiger charge is -2.10. The molecular formula is C20H16FN3O3. The number of nitrogens with zero attached hydrogens (tertiary/aromatic N) is 1. The lowest BCUT2D eigenvalue weighted by atomic mass is 10.2. The van der Waals surface area contributed by atoms with Crippen LogP contribution in [0, 0.1) is 5.82 Å². The number of benzene rings is 2. The molecule has 0 fully saturated rings. The number of para-hydroxylation sites is 1. The number of carbonyl (C=O) groups is 2. The number of hydrogen-bond donors (Lipinski definition) is 2. The Hall–Kier alpha value is -3.74. The zero-order valence-corrected chi connectivity index (χ0v) is 14.4. The highest BCUT2D eigenvalue weighted by Crippen LogP contribution is 2.19. The van der Waals surface area contributed by atoms with Gasteiger partial charge in [-0.1, -0.05) is 18.2 Å². The maximum absolute atomic E-state index is 13.7. The van der Waals surface area contributed by atoms with Crippen molar-refractivity contribution >= 4 is 28.9 Å². The molecule has 0 aliphatic heterocycles. The molecule has 0 spiro atoms. The van der Waals surface area contributed by atoms with Gasteiger partial charge in [0.05, 0.1) is 18.4 Å². The van der Waals surface area contributed by atoms with Crippen LogP contribution in [0.15, 0.2) is 66.9 Å². The van der Waals surface area contributed by atoms with Crippen molar-refractivity contribution in [3.05, 3.63) is 83.9 Å². The lowest BCUT2D eigenvalue weighted by molar-refractivity contribution is 0.0600. The molecular weight excluding hydrogens is 349 g/mol. The quantitative estimate of drug-likeness (QED) is 0.668. The Morgan fingerprint density at radius 3 is 2.56 bits per heavy atom. The number of halogens is 1. The SMILES string of the molecule is COC(=O)c1cccc(Nc2ccnc(C(=O)Nc3ccccc3F)c2)c1. The zero-order valence-electron chi connectivity index (χ0n) is 14.4. The van der Waals surface area contributed by atoms with E-state index in [2.05, 4.69) is 15.6 Å². The summed E-state index contributed by atoms with van der Waals surface area (Å²) in [6.45, 7) is 0. The largest absolute Gasteiger partial charge is 0.465 e. The van der Waals surface area contributed by atoms with E-state index < -0.39 is 17.7 Å². The van der Waals surface area contributed by atoms with Crippen molar-refractivity contribution in [1.82, 2.24) is 4.98 Å². The van der Waals surface area contributed by atoms with E-state index >= 15 is 0 Å². The summed E-state index contributed by atoms with van der Waals surface area (Å²) in [6, 6.07) is 15.8. The minimum Gasteiger partial charge on any atom is -0.465 e. The van der Waals surface area contributed by atoms with Crippen LogP contribution in [0.1, 0.15) is 20.8 Å². The van der Waals surface area contributed by atoms with E-state index in [1.54, 1.807) is 36.4 Å². The summed E-state index contributed by atoms with van der Waals surface area (Å²) in [6.07, 6.45) is 1.46. The van der Waals surface area contributed by atoms with Crippen LogP contribution in [-0.4, -0.2) is 24.0 Å². The molecule has 0 saturated heterocycles. The van der Waals surface area contributed by atoms with E-state index in [1.165, 1.54) is 37.6 Å². The fourth-order valence-corrected chi connectivity index (χ4v) is 2.39. The molecule has 0 unspecified atom stereocenters. The molecule has 0 radical (unpaired) electrons. The van der Waals surface area contributed by atoms with Crippen LogP contribution in [0.4, 0.5) is 21.5 Å². The van der Waals surface area contributed by atoms with Crippen LogP contribution < -0.4 is 10.6 Å². The van der Waals surface area contributed by atoms with Gasteiger partial charge in [0.25, 0.3) is 5.91 Å². The highest BCUT2D eigenvalue weighted by Gasteiger charge is 2.11. The number of amides is 1. The van der Waals surface area contributed by atoms with Gasteiger partial charge in [-0.3, -0.25) is 9.78 Å². The Labute approximate surface area is 155 Å². The summed E-state index contributed by atoms with van der Waals surface area (Å²) in [5.41, 5.74) is 1.82. The van der Waals surface area contributed by atoms with Crippen LogP contribution in [0.5, 0.6) is 0 Å². The van der Waals surface area contributed by atoms with Crippen molar-refractivity contribution in [2.24, 2.45) is 0 Å². The second-order valence-corrected chi connectivity index (χ2v) is 5.56. The number of ether oxygens (including phenoxy) is 1. The van der Waals surface area contributed by atoms with Gasteiger partial charge in [-0.05, 0) is 42.5 Å². The number of anilines is 3. The first-order valence-corrected chi connectivity index (χ1v) is 8.04. The maximum atomic E-state index is 13.7. The Kier molecular flexibility index (Phi) is 5.41. The minimum atomic E-state index is -0.535. The number of rotatable bonds is 5. The Morgan fingerprint density at radius 1 is 1.00 bits per heavy atom. The van der Waals surface area contributed by atoms with Crippen molar-refractivity contribution in [1.29, 1.82) is 0 Å². The third-order valence-corrected chi connectivity index (χ3v) is 3.69. The van der Waals surface area contributed by atoms with E-state index in [0.717, 1.165) is 0 Å². The average molecular weight is 365 g/mol. The van der Waals surface area contributed by atoms with Gasteiger partial charge in [-0.2, -0.15) is 0 Å². The Morgan fingerprint density at radius 2 is 1.78 bits per heavy atom. The van der Waals surface area contributed by atoms with E-state index in [0.29, 0.717) is 16.9 Å². The first-order valence-electron chi connectivity index (χ1n) is 8.04. The molecule has 27 heavy (non-hydrogen) atoms. The number of pyridine rings is 1. The summed E-state index contributed by atoms with van der Waals surface area (Å²) < 4.78 is 18.4. The zero-order chi connectivity index (χ0) is 19.2. The summed E-state index contributed by atoms with van der Waals surface area (Å²) in [5.74, 6) is -1.51. The van der Waals surface area contributed by atoms with Crippen LogP contribution in [0.25, 0.3) is 0 Å². The molecule has 2 aromatic carbocycles. The normalized spacial score (nSPS) is 10.1. The smallest absolute Gasteiger partial charge is 0.337 e. The molecule has 0 saturated carbocycles. The second kappa shape index (κ2) is 8.09. The predicted octanol–water partition coefficient (Wildman–Crippen LogP) is 4.00. The fraction of sp³-hybridized carbons (Fsp3) is 0.0500. The van der Waals surface area contributed by atoms with E-state index in [4.69, 9.17) is 4.74 Å². The summed E-state index contributed by atoms with van der Waals surface area (Å²) in [4.78, 5) is 28.0. The molecule has 136 valence electrons. The third-order valence-electron chi connectivity index (χ3n) is 3.69. The molecule has 0 aliphatic carbocycles. The van der Waals surface area contributed by atoms with Gasteiger partial charge in [0.1, 0.15) is 11.5 Å². The molecule has 0 aliphatic rings. The van der Waals surface area contributed by atoms with Gasteiger partial charge in [0.15, 0.2) is 0 Å². The first-order chi connectivity index (χ1) is 13.1. The highest BCUT2D eigenvalue weighted by molar-refractivity contribution is 6.03. The van der Waals surface area contributed by atoms with Crippen molar-refractivity contribution < 1.29 is 18.7 Å². The molecule has 2 N–H and O–H groups in total. The molecule has 0 bridgehead atoms. The number of hydrogen-bond acceptors (Lipinski definition) is 5. The topological polar surface area (TPSA) is 80.3 Å². The standard InChI is InChI=1S/C20H16FN3O3/c1-27-20(26)13-5-4-6-14(11-13)23-15-9-10-22-18(12-15)19(25)24-17-8-3-2-7-16(17)21/h2-12H,1H3,(H,22,23)(H,24,25). The van der Waals surface area contributed by atoms with Crippen LogP contribution >= 0.6 is 0 Å². The summed E-state index contributed by atoms with van der Waals surface area (Å²) >= 11 is 0. The van der Waals surface area contributed by atoms with Gasteiger partial charge < -0.3 is 15.4 Å². The molecule has 3 rings (SSSR count). The van der Waals surface area contributed by atoms with Crippen LogP contribution in [0.3, 0.4) is 0 Å². The molecule has 7 heteroatoms. The van der Waals surface area contributed by atoms with Gasteiger partial charge in [0.2, 0.25) is 0 Å².